The predicted molar refractivity (Wildman–Crippen MR) is 105 cm³/mol. The zero-order chi connectivity index (χ0) is 20.2. The molecule has 0 spiro atoms. The monoisotopic (exact) mass is 415 g/mol. The molecule has 0 atom stereocenters. The standard InChI is InChI=1S/C21H22ClN3O4/c1-12-6-14(4-5-15(12)22)28-8-17(26)24-20-9-21(10-20,11-20)25-18(27)16-7-23-19(29-16)13-2-3-13/h4-7,13H,2-3,8-11H2,1H3,(H,24,26)(H,25,27). The molecule has 4 aliphatic rings. The lowest BCUT2D eigenvalue weighted by Gasteiger charge is -2.70. The molecule has 0 unspecified atom stereocenters. The maximum atomic E-state index is 12.4. The predicted octanol–water partition coefficient (Wildman–Crippen LogP) is 3.11. The van der Waals surface area contributed by atoms with Gasteiger partial charge in [-0.2, -0.15) is 0 Å². The Bertz CT molecular complexity index is 978. The number of aromatic nitrogens is 1. The number of aryl methyl sites for hydroxylation is 1. The van der Waals surface area contributed by atoms with Gasteiger partial charge in [-0.25, -0.2) is 4.98 Å². The van der Waals surface area contributed by atoms with Crippen molar-refractivity contribution in [1.82, 2.24) is 15.6 Å². The summed E-state index contributed by atoms with van der Waals surface area (Å²) in [6.45, 7) is 1.83. The minimum Gasteiger partial charge on any atom is -0.484 e. The van der Waals surface area contributed by atoms with Crippen LogP contribution in [-0.4, -0.2) is 34.5 Å². The van der Waals surface area contributed by atoms with Crippen molar-refractivity contribution in [2.24, 2.45) is 0 Å². The Morgan fingerprint density at radius 1 is 1.24 bits per heavy atom. The average Bonchev–Trinajstić information content (AvgIpc) is 3.36. The summed E-state index contributed by atoms with van der Waals surface area (Å²) in [4.78, 5) is 28.8. The summed E-state index contributed by atoms with van der Waals surface area (Å²) in [6.07, 6.45) is 5.83. The molecular formula is C21H22ClN3O4. The Labute approximate surface area is 173 Å². The van der Waals surface area contributed by atoms with E-state index in [1.165, 1.54) is 6.20 Å². The van der Waals surface area contributed by atoms with Gasteiger partial charge in [0, 0.05) is 22.0 Å². The summed E-state index contributed by atoms with van der Waals surface area (Å²) in [6, 6.07) is 5.30. The summed E-state index contributed by atoms with van der Waals surface area (Å²) in [7, 11) is 0. The molecule has 2 bridgehead atoms. The van der Waals surface area contributed by atoms with Gasteiger partial charge in [0.25, 0.3) is 11.8 Å². The maximum absolute atomic E-state index is 12.4. The van der Waals surface area contributed by atoms with E-state index in [1.807, 2.05) is 6.92 Å². The first-order chi connectivity index (χ1) is 13.9. The smallest absolute Gasteiger partial charge is 0.289 e. The fourth-order valence-electron chi connectivity index (χ4n) is 4.45. The highest BCUT2D eigenvalue weighted by Crippen LogP contribution is 2.60. The third kappa shape index (κ3) is 3.48. The topological polar surface area (TPSA) is 93.5 Å². The van der Waals surface area contributed by atoms with Crippen LogP contribution in [0.2, 0.25) is 5.02 Å². The first-order valence-electron chi connectivity index (χ1n) is 9.84. The molecule has 152 valence electrons. The third-order valence-electron chi connectivity index (χ3n) is 5.99. The molecule has 2 N–H and O–H groups in total. The van der Waals surface area contributed by atoms with E-state index in [-0.39, 0.29) is 35.3 Å². The number of carbonyl (C=O) groups is 2. The molecule has 7 nitrogen and oxygen atoms in total. The van der Waals surface area contributed by atoms with Crippen LogP contribution in [0.5, 0.6) is 5.75 Å². The van der Waals surface area contributed by atoms with Crippen LogP contribution in [0.3, 0.4) is 0 Å². The van der Waals surface area contributed by atoms with Crippen LogP contribution in [0.15, 0.2) is 28.8 Å². The normalized spacial score (nSPS) is 26.8. The number of halogens is 1. The number of benzene rings is 1. The average molecular weight is 416 g/mol. The highest BCUT2D eigenvalue weighted by molar-refractivity contribution is 6.31. The van der Waals surface area contributed by atoms with E-state index in [1.54, 1.807) is 18.2 Å². The van der Waals surface area contributed by atoms with E-state index in [0.717, 1.165) is 37.7 Å². The van der Waals surface area contributed by atoms with Crippen molar-refractivity contribution in [3.8, 4) is 5.75 Å². The van der Waals surface area contributed by atoms with Crippen molar-refractivity contribution in [2.75, 3.05) is 6.61 Å². The van der Waals surface area contributed by atoms with Crippen molar-refractivity contribution < 1.29 is 18.7 Å². The van der Waals surface area contributed by atoms with Gasteiger partial charge in [-0.05, 0) is 62.8 Å². The number of nitrogens with one attached hydrogen (secondary N) is 2. The number of hydrogen-bond donors (Lipinski definition) is 2. The van der Waals surface area contributed by atoms with Gasteiger partial charge in [0.05, 0.1) is 6.20 Å². The van der Waals surface area contributed by atoms with Crippen LogP contribution in [0, 0.1) is 6.92 Å². The van der Waals surface area contributed by atoms with Crippen molar-refractivity contribution in [2.45, 2.75) is 56.0 Å². The molecule has 4 fully saturated rings. The van der Waals surface area contributed by atoms with Gasteiger partial charge in [0.1, 0.15) is 5.75 Å². The van der Waals surface area contributed by atoms with Crippen LogP contribution in [0.25, 0.3) is 0 Å². The van der Waals surface area contributed by atoms with E-state index in [2.05, 4.69) is 15.6 Å². The SMILES string of the molecule is Cc1cc(OCC(=O)NC23CC(NC(=O)c4cnc(C5CC5)o4)(C2)C3)ccc1Cl. The van der Waals surface area contributed by atoms with Crippen LogP contribution < -0.4 is 15.4 Å². The highest BCUT2D eigenvalue weighted by atomic mass is 35.5. The summed E-state index contributed by atoms with van der Waals surface area (Å²) < 4.78 is 11.1. The van der Waals surface area contributed by atoms with Crippen molar-refractivity contribution >= 4 is 23.4 Å². The molecule has 2 amide bonds. The Kier molecular flexibility index (Phi) is 4.13. The lowest BCUT2D eigenvalue weighted by atomic mass is 9.44. The zero-order valence-corrected chi connectivity index (χ0v) is 16.8. The second kappa shape index (κ2) is 6.49. The molecule has 0 saturated heterocycles. The molecule has 8 heteroatoms. The molecule has 1 aromatic heterocycles. The van der Waals surface area contributed by atoms with Crippen LogP contribution in [-0.2, 0) is 4.79 Å². The van der Waals surface area contributed by atoms with E-state index in [4.69, 9.17) is 20.8 Å². The molecule has 6 rings (SSSR count). The molecule has 1 heterocycles. The molecule has 29 heavy (non-hydrogen) atoms. The Hall–Kier alpha value is -2.54. The molecule has 4 saturated carbocycles. The van der Waals surface area contributed by atoms with E-state index in [0.29, 0.717) is 22.6 Å². The summed E-state index contributed by atoms with van der Waals surface area (Å²) in [5, 5.41) is 6.75. The van der Waals surface area contributed by atoms with Gasteiger partial charge < -0.3 is 19.8 Å². The molecule has 1 aromatic carbocycles. The fourth-order valence-corrected chi connectivity index (χ4v) is 4.57. The van der Waals surface area contributed by atoms with Gasteiger partial charge in [0.2, 0.25) is 5.76 Å². The lowest BCUT2D eigenvalue weighted by Crippen LogP contribution is -2.84. The van der Waals surface area contributed by atoms with Crippen LogP contribution >= 0.6 is 11.6 Å². The van der Waals surface area contributed by atoms with Crippen LogP contribution in [0.4, 0.5) is 0 Å². The van der Waals surface area contributed by atoms with E-state index < -0.39 is 0 Å². The summed E-state index contributed by atoms with van der Waals surface area (Å²) in [5.74, 6) is 1.52. The number of carbonyl (C=O) groups excluding carboxylic acids is 2. The van der Waals surface area contributed by atoms with Gasteiger partial charge in [-0.3, -0.25) is 9.59 Å². The maximum Gasteiger partial charge on any atom is 0.289 e. The number of hydrogen-bond acceptors (Lipinski definition) is 5. The minimum absolute atomic E-state index is 0.0514. The van der Waals surface area contributed by atoms with E-state index >= 15 is 0 Å². The molecule has 2 aromatic rings. The van der Waals surface area contributed by atoms with Gasteiger partial charge in [-0.15, -0.1) is 0 Å². The Morgan fingerprint density at radius 2 is 1.97 bits per heavy atom. The molecule has 0 aliphatic heterocycles. The lowest BCUT2D eigenvalue weighted by molar-refractivity contribution is -0.141. The zero-order valence-electron chi connectivity index (χ0n) is 16.1. The van der Waals surface area contributed by atoms with E-state index in [9.17, 15) is 9.59 Å². The quantitative estimate of drug-likeness (QED) is 0.724. The van der Waals surface area contributed by atoms with Crippen molar-refractivity contribution in [3.05, 3.63) is 46.6 Å². The Balaban J connectivity index is 1.08. The van der Waals surface area contributed by atoms with Crippen molar-refractivity contribution in [3.63, 3.8) is 0 Å². The molecular weight excluding hydrogens is 394 g/mol. The number of rotatable bonds is 7. The van der Waals surface area contributed by atoms with Crippen LogP contribution in [0.1, 0.15) is 60.0 Å². The Morgan fingerprint density at radius 3 is 2.66 bits per heavy atom. The number of amides is 2. The van der Waals surface area contributed by atoms with Gasteiger partial charge >= 0.3 is 0 Å². The summed E-state index contributed by atoms with van der Waals surface area (Å²) >= 11 is 5.99. The molecule has 4 aliphatic carbocycles. The second-order valence-corrected chi connectivity index (χ2v) is 9.04. The first-order valence-corrected chi connectivity index (χ1v) is 10.2. The number of nitrogens with zero attached hydrogens (tertiary/aromatic N) is 1. The summed E-state index contributed by atoms with van der Waals surface area (Å²) in [5.41, 5.74) is 0.424. The third-order valence-corrected chi connectivity index (χ3v) is 6.41. The van der Waals surface area contributed by atoms with Crippen molar-refractivity contribution in [1.29, 1.82) is 0 Å². The number of oxazole rings is 1. The second-order valence-electron chi connectivity index (χ2n) is 8.63. The van der Waals surface area contributed by atoms with Gasteiger partial charge in [-0.1, -0.05) is 11.6 Å². The number of ether oxygens (including phenoxy) is 1. The highest BCUT2D eigenvalue weighted by Gasteiger charge is 2.69. The molecule has 0 radical (unpaired) electrons. The minimum atomic E-state index is -0.245. The largest absolute Gasteiger partial charge is 0.484 e. The fraction of sp³-hybridized carbons (Fsp3) is 0.476. The first kappa shape index (κ1) is 18.5. The van der Waals surface area contributed by atoms with Gasteiger partial charge in [0.15, 0.2) is 12.5 Å².